The van der Waals surface area contributed by atoms with Gasteiger partial charge in [0.1, 0.15) is 5.75 Å². The predicted octanol–water partition coefficient (Wildman–Crippen LogP) is 4.51. The minimum absolute atomic E-state index is 0.393. The summed E-state index contributed by atoms with van der Waals surface area (Å²) in [6.07, 6.45) is 3.56. The van der Waals surface area contributed by atoms with Gasteiger partial charge in [0, 0.05) is 0 Å². The smallest absolute Gasteiger partial charge is 0.119 e. The Kier molecular flexibility index (Phi) is 7.68. The van der Waals surface area contributed by atoms with E-state index in [1.165, 1.54) is 12.8 Å². The molecule has 0 amide bonds. The van der Waals surface area contributed by atoms with Crippen LogP contribution in [0.2, 0.25) is 0 Å². The lowest BCUT2D eigenvalue weighted by Crippen LogP contribution is -2.25. The van der Waals surface area contributed by atoms with Crippen LogP contribution in [0.25, 0.3) is 0 Å². The molecule has 0 atom stereocenters. The highest BCUT2D eigenvalue weighted by molar-refractivity contribution is 5.20. The van der Waals surface area contributed by atoms with Crippen molar-refractivity contribution >= 4 is 0 Å². The molecule has 20 heavy (non-hydrogen) atoms. The van der Waals surface area contributed by atoms with E-state index in [0.29, 0.717) is 5.41 Å². The Morgan fingerprint density at radius 2 is 1.80 bits per heavy atom. The number of hydrogen-bond acceptors (Lipinski definition) is 2. The van der Waals surface area contributed by atoms with Crippen LogP contribution >= 0.6 is 0 Å². The molecule has 0 unspecified atom stereocenters. The van der Waals surface area contributed by atoms with E-state index in [1.807, 2.05) is 30.3 Å². The summed E-state index contributed by atoms with van der Waals surface area (Å²) in [6.45, 7) is 12.3. The molecule has 0 fully saturated rings. The molecule has 1 rings (SSSR count). The molecule has 0 aliphatic rings. The molecule has 114 valence electrons. The fraction of sp³-hybridized carbons (Fsp3) is 0.667. The maximum atomic E-state index is 5.74. The monoisotopic (exact) mass is 277 g/mol. The van der Waals surface area contributed by atoms with Crippen LogP contribution in [0.4, 0.5) is 0 Å². The zero-order valence-corrected chi connectivity index (χ0v) is 13.6. The van der Waals surface area contributed by atoms with Gasteiger partial charge in [0.05, 0.1) is 6.61 Å². The van der Waals surface area contributed by atoms with Crippen molar-refractivity contribution in [2.45, 2.75) is 47.0 Å². The van der Waals surface area contributed by atoms with Gasteiger partial charge in [-0.15, -0.1) is 0 Å². The molecule has 1 N–H and O–H groups in total. The van der Waals surface area contributed by atoms with Gasteiger partial charge in [0.2, 0.25) is 0 Å². The molecular formula is C18H31NO. The van der Waals surface area contributed by atoms with Crippen molar-refractivity contribution in [3.63, 3.8) is 0 Å². The van der Waals surface area contributed by atoms with Crippen LogP contribution < -0.4 is 10.1 Å². The first-order chi connectivity index (χ1) is 9.49. The van der Waals surface area contributed by atoms with Crippen molar-refractivity contribution in [1.82, 2.24) is 5.32 Å². The summed E-state index contributed by atoms with van der Waals surface area (Å²) in [5, 5.41) is 3.53. The van der Waals surface area contributed by atoms with E-state index in [0.717, 1.165) is 37.8 Å². The third-order valence-corrected chi connectivity index (χ3v) is 3.54. The molecule has 1 aromatic rings. The molecule has 0 spiro atoms. The molecule has 0 radical (unpaired) electrons. The number of rotatable bonds is 10. The van der Waals surface area contributed by atoms with Crippen molar-refractivity contribution in [3.8, 4) is 5.75 Å². The van der Waals surface area contributed by atoms with Gasteiger partial charge in [-0.2, -0.15) is 0 Å². The molecule has 2 nitrogen and oxygen atoms in total. The van der Waals surface area contributed by atoms with Crippen LogP contribution in [0.1, 0.15) is 47.0 Å². The van der Waals surface area contributed by atoms with E-state index in [1.54, 1.807) is 0 Å². The van der Waals surface area contributed by atoms with E-state index in [9.17, 15) is 0 Å². The number of ether oxygens (including phenoxy) is 1. The van der Waals surface area contributed by atoms with Crippen molar-refractivity contribution in [2.24, 2.45) is 11.3 Å². The normalized spacial score (nSPS) is 11.8. The van der Waals surface area contributed by atoms with Crippen molar-refractivity contribution in [2.75, 3.05) is 19.7 Å². The van der Waals surface area contributed by atoms with Crippen molar-refractivity contribution in [1.29, 1.82) is 0 Å². The molecule has 0 heterocycles. The summed E-state index contributed by atoms with van der Waals surface area (Å²) in [5.74, 6) is 1.71. The second-order valence-corrected chi connectivity index (χ2v) is 6.78. The first-order valence-electron chi connectivity index (χ1n) is 7.88. The molecular weight excluding hydrogens is 246 g/mol. The summed E-state index contributed by atoms with van der Waals surface area (Å²) in [5.41, 5.74) is 0.393. The van der Waals surface area contributed by atoms with Crippen LogP contribution in [0.15, 0.2) is 30.3 Å². The highest BCUT2D eigenvalue weighted by Gasteiger charge is 2.16. The first kappa shape index (κ1) is 17.0. The molecule has 2 heteroatoms. The van der Waals surface area contributed by atoms with Gasteiger partial charge in [-0.25, -0.2) is 0 Å². The Bertz CT molecular complexity index is 346. The van der Waals surface area contributed by atoms with Crippen LogP contribution in [-0.2, 0) is 0 Å². The van der Waals surface area contributed by atoms with Crippen LogP contribution in [0.3, 0.4) is 0 Å². The van der Waals surface area contributed by atoms with Gasteiger partial charge >= 0.3 is 0 Å². The Morgan fingerprint density at radius 3 is 2.45 bits per heavy atom. The Morgan fingerprint density at radius 1 is 1.10 bits per heavy atom. The van der Waals surface area contributed by atoms with Crippen LogP contribution in [-0.4, -0.2) is 19.7 Å². The largest absolute Gasteiger partial charge is 0.494 e. The van der Waals surface area contributed by atoms with E-state index in [-0.39, 0.29) is 0 Å². The average molecular weight is 277 g/mol. The highest BCUT2D eigenvalue weighted by atomic mass is 16.5. The minimum atomic E-state index is 0.393. The molecule has 0 saturated carbocycles. The number of benzene rings is 1. The number of nitrogens with one attached hydrogen (secondary N) is 1. The standard InChI is InChI=1S/C18H31NO/c1-16(2)15-19-13-12-18(3,4)11-8-14-20-17-9-6-5-7-10-17/h5-7,9-10,16,19H,8,11-15H2,1-4H3. The fourth-order valence-electron chi connectivity index (χ4n) is 2.20. The Balaban J connectivity index is 2.10. The number of hydrogen-bond donors (Lipinski definition) is 1. The highest BCUT2D eigenvalue weighted by Crippen LogP contribution is 2.26. The maximum absolute atomic E-state index is 5.74. The summed E-state index contributed by atoms with van der Waals surface area (Å²) in [6, 6.07) is 10.1. The van der Waals surface area contributed by atoms with Gasteiger partial charge in [-0.05, 0) is 55.8 Å². The Labute approximate surface area is 124 Å². The second kappa shape index (κ2) is 9.02. The van der Waals surface area contributed by atoms with Crippen LogP contribution in [0, 0.1) is 11.3 Å². The lowest BCUT2D eigenvalue weighted by Gasteiger charge is -2.25. The SMILES string of the molecule is CC(C)CNCCC(C)(C)CCCOc1ccccc1. The lowest BCUT2D eigenvalue weighted by atomic mass is 9.84. The second-order valence-electron chi connectivity index (χ2n) is 6.78. The molecule has 0 aliphatic heterocycles. The lowest BCUT2D eigenvalue weighted by molar-refractivity contribution is 0.243. The van der Waals surface area contributed by atoms with E-state index < -0.39 is 0 Å². The molecule has 0 aromatic heterocycles. The van der Waals surface area contributed by atoms with Gasteiger partial charge in [-0.3, -0.25) is 0 Å². The van der Waals surface area contributed by atoms with Gasteiger partial charge in [-0.1, -0.05) is 45.9 Å². The third-order valence-electron chi connectivity index (χ3n) is 3.54. The van der Waals surface area contributed by atoms with Gasteiger partial charge in [0.15, 0.2) is 0 Å². The summed E-state index contributed by atoms with van der Waals surface area (Å²) >= 11 is 0. The molecule has 0 saturated heterocycles. The fourth-order valence-corrected chi connectivity index (χ4v) is 2.20. The maximum Gasteiger partial charge on any atom is 0.119 e. The zero-order valence-electron chi connectivity index (χ0n) is 13.6. The van der Waals surface area contributed by atoms with Crippen molar-refractivity contribution < 1.29 is 4.74 Å². The van der Waals surface area contributed by atoms with E-state index in [4.69, 9.17) is 4.74 Å². The van der Waals surface area contributed by atoms with Gasteiger partial charge in [0.25, 0.3) is 0 Å². The number of para-hydroxylation sites is 1. The minimum Gasteiger partial charge on any atom is -0.494 e. The third kappa shape index (κ3) is 8.21. The quantitative estimate of drug-likeness (QED) is 0.635. The summed E-state index contributed by atoms with van der Waals surface area (Å²) < 4.78 is 5.74. The summed E-state index contributed by atoms with van der Waals surface area (Å²) in [7, 11) is 0. The summed E-state index contributed by atoms with van der Waals surface area (Å²) in [4.78, 5) is 0. The van der Waals surface area contributed by atoms with Crippen LogP contribution in [0.5, 0.6) is 5.75 Å². The van der Waals surface area contributed by atoms with Crippen molar-refractivity contribution in [3.05, 3.63) is 30.3 Å². The molecule has 1 aromatic carbocycles. The predicted molar refractivity (Wildman–Crippen MR) is 87.3 cm³/mol. The average Bonchev–Trinajstić information content (AvgIpc) is 2.41. The van der Waals surface area contributed by atoms with E-state index in [2.05, 4.69) is 33.0 Å². The Hall–Kier alpha value is -1.02. The van der Waals surface area contributed by atoms with Gasteiger partial charge < -0.3 is 10.1 Å². The topological polar surface area (TPSA) is 21.3 Å². The zero-order chi connectivity index (χ0) is 14.8. The van der Waals surface area contributed by atoms with E-state index >= 15 is 0 Å². The first-order valence-corrected chi connectivity index (χ1v) is 7.88. The molecule has 0 bridgehead atoms. The molecule has 0 aliphatic carbocycles.